The summed E-state index contributed by atoms with van der Waals surface area (Å²) < 4.78 is 32.0. The monoisotopic (exact) mass is 561 g/mol. The molecule has 11 heteroatoms. The van der Waals surface area contributed by atoms with E-state index in [0.29, 0.717) is 26.2 Å². The number of halogens is 2. The maximum Gasteiger partial charge on any atom is 0.306 e. The Bertz CT molecular complexity index is 1190. The first-order valence-electron chi connectivity index (χ1n) is 11.2. The minimum Gasteiger partial charge on any atom is -0.481 e. The van der Waals surface area contributed by atoms with Gasteiger partial charge in [-0.1, -0.05) is 42.3 Å². The van der Waals surface area contributed by atoms with E-state index in [0.717, 1.165) is 0 Å². The number of rotatable bonds is 8. The highest BCUT2D eigenvalue weighted by atomic mass is 35.5. The molecule has 0 radical (unpaired) electrons. The van der Waals surface area contributed by atoms with Crippen molar-refractivity contribution in [2.75, 3.05) is 5.75 Å². The molecule has 1 aliphatic rings. The smallest absolute Gasteiger partial charge is 0.306 e. The summed E-state index contributed by atoms with van der Waals surface area (Å²) in [5, 5.41) is 9.92. The molecule has 1 N–H and O–H groups in total. The highest BCUT2D eigenvalue weighted by Crippen LogP contribution is 2.47. The van der Waals surface area contributed by atoms with Gasteiger partial charge in [0.2, 0.25) is 0 Å². The molecule has 1 aromatic heterocycles. The van der Waals surface area contributed by atoms with Crippen LogP contribution in [0.25, 0.3) is 0 Å². The van der Waals surface area contributed by atoms with Gasteiger partial charge in [0.05, 0.1) is 27.3 Å². The Labute approximate surface area is 219 Å². The molecule has 4 atom stereocenters. The molecular formula is C24H29Cl2NO6S2. The van der Waals surface area contributed by atoms with E-state index in [1.165, 1.54) is 16.2 Å². The number of morpholine rings is 1. The van der Waals surface area contributed by atoms with Crippen LogP contribution in [0.3, 0.4) is 0 Å². The second kappa shape index (κ2) is 10.8. The molecule has 1 amide bonds. The number of hydrogen-bond donors (Lipinski definition) is 1. The van der Waals surface area contributed by atoms with Crippen molar-refractivity contribution < 1.29 is 27.9 Å². The van der Waals surface area contributed by atoms with E-state index in [2.05, 4.69) is 0 Å². The Hall–Kier alpha value is -1.65. The van der Waals surface area contributed by atoms with Crippen LogP contribution in [0, 0.1) is 0 Å². The fourth-order valence-electron chi connectivity index (χ4n) is 4.08. The van der Waals surface area contributed by atoms with Gasteiger partial charge in [-0.25, -0.2) is 8.42 Å². The summed E-state index contributed by atoms with van der Waals surface area (Å²) in [7, 11) is -3.61. The molecule has 7 nitrogen and oxygen atoms in total. The molecule has 0 saturated carbocycles. The lowest BCUT2D eigenvalue weighted by Gasteiger charge is -2.47. The van der Waals surface area contributed by atoms with E-state index >= 15 is 0 Å². The molecule has 0 spiro atoms. The Morgan fingerprint density at radius 1 is 1.23 bits per heavy atom. The summed E-state index contributed by atoms with van der Waals surface area (Å²) in [6.07, 6.45) is -2.27. The van der Waals surface area contributed by atoms with Crippen molar-refractivity contribution in [3.8, 4) is 0 Å². The molecule has 2 heterocycles. The maximum atomic E-state index is 13.7. The number of carbonyl (C=O) groups excluding carboxylic acids is 1. The number of ether oxygens (including phenoxy) is 1. The van der Waals surface area contributed by atoms with E-state index in [1.807, 2.05) is 6.92 Å². The van der Waals surface area contributed by atoms with E-state index in [4.69, 9.17) is 27.9 Å². The average molecular weight is 563 g/mol. The highest BCUT2D eigenvalue weighted by molar-refractivity contribution is 7.92. The third kappa shape index (κ3) is 6.20. The van der Waals surface area contributed by atoms with Gasteiger partial charge in [0.1, 0.15) is 12.2 Å². The number of sulfone groups is 1. The zero-order valence-electron chi connectivity index (χ0n) is 19.9. The Balaban J connectivity index is 2.19. The van der Waals surface area contributed by atoms with Crippen LogP contribution in [-0.2, 0) is 24.2 Å². The van der Waals surface area contributed by atoms with Crippen molar-refractivity contribution in [2.45, 2.75) is 69.6 Å². The Morgan fingerprint density at radius 3 is 2.43 bits per heavy atom. The van der Waals surface area contributed by atoms with Gasteiger partial charge in [0, 0.05) is 15.9 Å². The summed E-state index contributed by atoms with van der Waals surface area (Å²) >= 11 is 13.7. The summed E-state index contributed by atoms with van der Waals surface area (Å²) in [6.45, 7) is 6.67. The number of carbonyl (C=O) groups is 2. The Kier molecular flexibility index (Phi) is 8.59. The standard InChI is InChI=1S/C24H29Cl2NO6S2/c1-5-16(13-35(31,32)24(2,3)4)27-21(18-9-10-19(26)34-18)22(14-7-6-8-15(25)11-14)33-17(23(27)30)12-20(28)29/h6-11,16-17,21-22H,5,12-13H2,1-4H3,(H,28,29)/t16-,17-,21+,22+/m0/s1. The normalized spacial score (nSPS) is 22.3. The number of benzene rings is 1. The number of amides is 1. The van der Waals surface area contributed by atoms with Crippen LogP contribution in [0.4, 0.5) is 0 Å². The number of carboxylic acid groups (broad SMARTS) is 1. The topological polar surface area (TPSA) is 101 Å². The van der Waals surface area contributed by atoms with E-state index in [-0.39, 0.29) is 5.75 Å². The molecule has 2 aromatic rings. The van der Waals surface area contributed by atoms with Gasteiger partial charge in [-0.15, -0.1) is 11.3 Å². The number of hydrogen-bond acceptors (Lipinski definition) is 6. The molecule has 0 unspecified atom stereocenters. The van der Waals surface area contributed by atoms with Crippen LogP contribution < -0.4 is 0 Å². The predicted molar refractivity (Wildman–Crippen MR) is 138 cm³/mol. The molecule has 192 valence electrons. The predicted octanol–water partition coefficient (Wildman–Crippen LogP) is 5.53. The fraction of sp³-hybridized carbons (Fsp3) is 0.500. The first kappa shape index (κ1) is 27.9. The molecular weight excluding hydrogens is 533 g/mol. The summed E-state index contributed by atoms with van der Waals surface area (Å²) in [6, 6.07) is 8.99. The zero-order chi connectivity index (χ0) is 26.1. The fourth-order valence-corrected chi connectivity index (χ4v) is 6.86. The molecule has 1 aromatic carbocycles. The average Bonchev–Trinajstić information content (AvgIpc) is 3.18. The van der Waals surface area contributed by atoms with Gasteiger partial charge < -0.3 is 14.7 Å². The van der Waals surface area contributed by atoms with Crippen LogP contribution in [0.1, 0.15) is 63.1 Å². The third-order valence-electron chi connectivity index (χ3n) is 6.06. The van der Waals surface area contributed by atoms with Gasteiger partial charge in [0.15, 0.2) is 9.84 Å². The molecule has 0 bridgehead atoms. The van der Waals surface area contributed by atoms with E-state index < -0.39 is 57.2 Å². The molecule has 1 fully saturated rings. The number of aliphatic carboxylic acids is 1. The van der Waals surface area contributed by atoms with E-state index in [9.17, 15) is 23.1 Å². The number of carboxylic acids is 1. The van der Waals surface area contributed by atoms with Crippen LogP contribution in [0.2, 0.25) is 9.36 Å². The lowest BCUT2D eigenvalue weighted by Crippen LogP contribution is -2.57. The number of nitrogens with zero attached hydrogens (tertiary/aromatic N) is 1. The van der Waals surface area contributed by atoms with Crippen molar-refractivity contribution in [3.05, 3.63) is 56.2 Å². The van der Waals surface area contributed by atoms with Crippen LogP contribution in [-0.4, -0.2) is 52.9 Å². The second-order valence-corrected chi connectivity index (χ2v) is 14.5. The minimum atomic E-state index is -3.61. The van der Waals surface area contributed by atoms with Crippen LogP contribution in [0.15, 0.2) is 36.4 Å². The minimum absolute atomic E-state index is 0.267. The van der Waals surface area contributed by atoms with Gasteiger partial charge in [0.25, 0.3) is 5.91 Å². The summed E-state index contributed by atoms with van der Waals surface area (Å²) in [5.74, 6) is -2.02. The van der Waals surface area contributed by atoms with Crippen molar-refractivity contribution in [1.29, 1.82) is 0 Å². The van der Waals surface area contributed by atoms with Crippen molar-refractivity contribution >= 4 is 56.3 Å². The quantitative estimate of drug-likeness (QED) is 0.454. The SMILES string of the molecule is CC[C@@H](CS(=O)(=O)C(C)(C)C)N1C(=O)[C@H](CC(=O)O)O[C@H](c2cccc(Cl)c2)[C@H]1c1ccc(Cl)s1. The third-order valence-corrected chi connectivity index (χ3v) is 10.3. The second-order valence-electron chi connectivity index (χ2n) is 9.49. The van der Waals surface area contributed by atoms with Gasteiger partial charge in [-0.2, -0.15) is 0 Å². The molecule has 1 aliphatic heterocycles. The first-order valence-corrected chi connectivity index (χ1v) is 14.4. The highest BCUT2D eigenvalue weighted by Gasteiger charge is 2.49. The molecule has 35 heavy (non-hydrogen) atoms. The summed E-state index contributed by atoms with van der Waals surface area (Å²) in [4.78, 5) is 27.5. The first-order chi connectivity index (χ1) is 16.2. The van der Waals surface area contributed by atoms with Gasteiger partial charge in [-0.3, -0.25) is 9.59 Å². The largest absolute Gasteiger partial charge is 0.481 e. The van der Waals surface area contributed by atoms with Gasteiger partial charge in [-0.05, 0) is 57.0 Å². The zero-order valence-corrected chi connectivity index (χ0v) is 23.0. The lowest BCUT2D eigenvalue weighted by atomic mass is 9.93. The van der Waals surface area contributed by atoms with Crippen LogP contribution >= 0.6 is 34.5 Å². The van der Waals surface area contributed by atoms with Crippen molar-refractivity contribution in [1.82, 2.24) is 4.90 Å². The Morgan fingerprint density at radius 2 is 1.91 bits per heavy atom. The summed E-state index contributed by atoms with van der Waals surface area (Å²) in [5.41, 5.74) is 0.647. The van der Waals surface area contributed by atoms with Crippen molar-refractivity contribution in [3.63, 3.8) is 0 Å². The van der Waals surface area contributed by atoms with Crippen LogP contribution in [0.5, 0.6) is 0 Å². The van der Waals surface area contributed by atoms with Crippen molar-refractivity contribution in [2.24, 2.45) is 0 Å². The van der Waals surface area contributed by atoms with Gasteiger partial charge >= 0.3 is 5.97 Å². The number of thiophene rings is 1. The molecule has 3 rings (SSSR count). The maximum absolute atomic E-state index is 13.7. The molecule has 1 saturated heterocycles. The molecule has 0 aliphatic carbocycles. The lowest BCUT2D eigenvalue weighted by molar-refractivity contribution is -0.182. The van der Waals surface area contributed by atoms with E-state index in [1.54, 1.807) is 57.2 Å².